The van der Waals surface area contributed by atoms with Gasteiger partial charge in [-0.3, -0.25) is 9.80 Å². The maximum atomic E-state index is 6.29. The zero-order chi connectivity index (χ0) is 34.8. The highest BCUT2D eigenvalue weighted by molar-refractivity contribution is 6.31. The number of benzene rings is 5. The van der Waals surface area contributed by atoms with Crippen molar-refractivity contribution in [3.8, 4) is 0 Å². The molecule has 0 aliphatic carbocycles. The Morgan fingerprint density at radius 1 is 0.510 bits per heavy atom. The molecule has 1 atom stereocenters. The maximum Gasteiger partial charge on any atom is 0.0406 e. The van der Waals surface area contributed by atoms with Gasteiger partial charge in [-0.15, -0.1) is 0 Å². The Hall–Kier alpha value is -3.08. The molecule has 254 valence electrons. The van der Waals surface area contributed by atoms with Crippen molar-refractivity contribution in [3.05, 3.63) is 181 Å². The van der Waals surface area contributed by atoms with Gasteiger partial charge in [0.2, 0.25) is 0 Å². The molecule has 0 aliphatic rings. The van der Waals surface area contributed by atoms with Crippen LogP contribution in [0.5, 0.6) is 0 Å². The third-order valence-corrected chi connectivity index (χ3v) is 9.74. The molecule has 6 heteroatoms. The quantitative estimate of drug-likeness (QED) is 0.112. The van der Waals surface area contributed by atoms with Crippen LogP contribution >= 0.6 is 46.4 Å². The summed E-state index contributed by atoms with van der Waals surface area (Å²) in [5.74, 6) is 0. The highest BCUT2D eigenvalue weighted by Crippen LogP contribution is 2.25. The van der Waals surface area contributed by atoms with Crippen LogP contribution in [0.3, 0.4) is 0 Å². The molecule has 0 radical (unpaired) electrons. The van der Waals surface area contributed by atoms with E-state index in [0.717, 1.165) is 59.2 Å². The van der Waals surface area contributed by atoms with Crippen LogP contribution in [0, 0.1) is 0 Å². The van der Waals surface area contributed by atoms with E-state index in [9.17, 15) is 0 Å². The van der Waals surface area contributed by atoms with Gasteiger partial charge in [0, 0.05) is 58.9 Å². The average Bonchev–Trinajstić information content (AvgIpc) is 3.08. The normalized spacial score (nSPS) is 12.7. The van der Waals surface area contributed by atoms with Gasteiger partial charge in [0.05, 0.1) is 0 Å². The van der Waals surface area contributed by atoms with Crippen LogP contribution in [0.25, 0.3) is 6.08 Å². The zero-order valence-corrected chi connectivity index (χ0v) is 31.5. The SMILES string of the molecule is CC(C)(C)c1ccc(/C=C/[C@H](CCN(Cc2ccc(Cl)cc2)Cc2ccc(Cl)cc2)N(Cc2ccc(Cl)cc2)Cc2ccc(Cl)cc2)cc1. The van der Waals surface area contributed by atoms with E-state index in [-0.39, 0.29) is 11.5 Å². The maximum absolute atomic E-state index is 6.29. The number of rotatable bonds is 14. The average molecular weight is 731 g/mol. The van der Waals surface area contributed by atoms with Crippen molar-refractivity contribution in [2.75, 3.05) is 6.54 Å². The van der Waals surface area contributed by atoms with E-state index in [1.807, 2.05) is 48.5 Å². The molecule has 0 N–H and O–H groups in total. The molecule has 5 rings (SSSR count). The number of hydrogen-bond acceptors (Lipinski definition) is 2. The summed E-state index contributed by atoms with van der Waals surface area (Å²) in [7, 11) is 0. The summed E-state index contributed by atoms with van der Waals surface area (Å²) >= 11 is 25.1. The lowest BCUT2D eigenvalue weighted by Crippen LogP contribution is -2.36. The fourth-order valence-corrected chi connectivity index (χ4v) is 6.38. The van der Waals surface area contributed by atoms with Crippen molar-refractivity contribution < 1.29 is 0 Å². The van der Waals surface area contributed by atoms with E-state index in [2.05, 4.69) is 116 Å². The van der Waals surface area contributed by atoms with Crippen LogP contribution in [-0.4, -0.2) is 22.4 Å². The Morgan fingerprint density at radius 3 is 1.24 bits per heavy atom. The van der Waals surface area contributed by atoms with Crippen molar-refractivity contribution in [2.45, 2.75) is 64.8 Å². The topological polar surface area (TPSA) is 6.48 Å². The molecule has 49 heavy (non-hydrogen) atoms. The first-order valence-electron chi connectivity index (χ1n) is 16.7. The van der Waals surface area contributed by atoms with E-state index < -0.39 is 0 Å². The highest BCUT2D eigenvalue weighted by atomic mass is 35.5. The first-order valence-corrected chi connectivity index (χ1v) is 18.2. The Kier molecular flexibility index (Phi) is 13.4. The van der Waals surface area contributed by atoms with Crippen LogP contribution in [-0.2, 0) is 31.6 Å². The Bertz CT molecular complexity index is 1660. The third-order valence-electron chi connectivity index (χ3n) is 8.73. The summed E-state index contributed by atoms with van der Waals surface area (Å²) in [6, 6.07) is 41.8. The molecule has 0 amide bonds. The van der Waals surface area contributed by atoms with Gasteiger partial charge in [-0.1, -0.05) is 152 Å². The highest BCUT2D eigenvalue weighted by Gasteiger charge is 2.20. The largest absolute Gasteiger partial charge is 0.295 e. The molecule has 0 aromatic heterocycles. The summed E-state index contributed by atoms with van der Waals surface area (Å²) in [4.78, 5) is 5.06. The standard InChI is InChI=1S/C43H44Cl4N2/c1-43(2,3)37-15-4-32(5-16-37)14-25-42(49(30-35-10-21-40(46)22-11-35)31-36-12-23-41(47)24-13-36)26-27-48(28-33-6-17-38(44)18-7-33)29-34-8-19-39(45)20-9-34/h4-25,42H,26-31H2,1-3H3/b25-14+/t42-/m1/s1. The number of halogens is 4. The Balaban J connectivity index is 1.47. The second-order valence-corrected chi connectivity index (χ2v) is 15.5. The lowest BCUT2D eigenvalue weighted by molar-refractivity contribution is 0.171. The molecular formula is C43H44Cl4N2. The smallest absolute Gasteiger partial charge is 0.0406 e. The van der Waals surface area contributed by atoms with E-state index >= 15 is 0 Å². The zero-order valence-electron chi connectivity index (χ0n) is 28.4. The molecule has 5 aromatic carbocycles. The predicted octanol–water partition coefficient (Wildman–Crippen LogP) is 12.8. The molecule has 0 unspecified atom stereocenters. The first kappa shape index (κ1) is 37.2. The molecule has 0 aliphatic heterocycles. The van der Waals surface area contributed by atoms with Crippen LogP contribution in [0.15, 0.2) is 127 Å². The minimum atomic E-state index is 0.108. The minimum Gasteiger partial charge on any atom is -0.295 e. The van der Waals surface area contributed by atoms with Gasteiger partial charge in [0.1, 0.15) is 0 Å². The molecular weight excluding hydrogens is 686 g/mol. The summed E-state index contributed by atoms with van der Waals surface area (Å²) in [6.07, 6.45) is 5.57. The van der Waals surface area contributed by atoms with Gasteiger partial charge in [0.25, 0.3) is 0 Å². The molecule has 2 nitrogen and oxygen atoms in total. The fraction of sp³-hybridized carbons (Fsp3) is 0.256. The van der Waals surface area contributed by atoms with E-state index in [4.69, 9.17) is 46.4 Å². The van der Waals surface area contributed by atoms with Gasteiger partial charge in [-0.25, -0.2) is 0 Å². The van der Waals surface area contributed by atoms with E-state index in [0.29, 0.717) is 0 Å². The van der Waals surface area contributed by atoms with Crippen LogP contribution < -0.4 is 0 Å². The summed E-state index contributed by atoms with van der Waals surface area (Å²) in [5.41, 5.74) is 7.50. The summed E-state index contributed by atoms with van der Waals surface area (Å²) < 4.78 is 0. The molecule has 5 aromatic rings. The van der Waals surface area contributed by atoms with Gasteiger partial charge in [-0.2, -0.15) is 0 Å². The fourth-order valence-electron chi connectivity index (χ4n) is 5.88. The Labute approximate surface area is 312 Å². The predicted molar refractivity (Wildman–Crippen MR) is 212 cm³/mol. The molecule has 0 saturated heterocycles. The van der Waals surface area contributed by atoms with Crippen molar-refractivity contribution in [1.29, 1.82) is 0 Å². The Morgan fingerprint density at radius 2 is 0.878 bits per heavy atom. The lowest BCUT2D eigenvalue weighted by atomic mass is 9.86. The summed E-state index contributed by atoms with van der Waals surface area (Å²) in [5, 5.41) is 2.97. The monoisotopic (exact) mass is 728 g/mol. The van der Waals surface area contributed by atoms with Crippen LogP contribution in [0.2, 0.25) is 20.1 Å². The second-order valence-electron chi connectivity index (χ2n) is 13.7. The lowest BCUT2D eigenvalue weighted by Gasteiger charge is -2.32. The summed E-state index contributed by atoms with van der Waals surface area (Å²) in [6.45, 7) is 10.8. The van der Waals surface area contributed by atoms with Crippen LogP contribution in [0.4, 0.5) is 0 Å². The van der Waals surface area contributed by atoms with Crippen molar-refractivity contribution in [2.24, 2.45) is 0 Å². The van der Waals surface area contributed by atoms with Gasteiger partial charge < -0.3 is 0 Å². The molecule has 0 fully saturated rings. The second kappa shape index (κ2) is 17.7. The van der Waals surface area contributed by atoms with Gasteiger partial charge >= 0.3 is 0 Å². The van der Waals surface area contributed by atoms with Crippen LogP contribution in [0.1, 0.15) is 60.6 Å². The van der Waals surface area contributed by atoms with Crippen molar-refractivity contribution in [1.82, 2.24) is 9.80 Å². The first-order chi connectivity index (χ1) is 23.5. The minimum absolute atomic E-state index is 0.108. The van der Waals surface area contributed by atoms with E-state index in [1.165, 1.54) is 33.4 Å². The number of nitrogens with zero attached hydrogens (tertiary/aromatic N) is 2. The van der Waals surface area contributed by atoms with Gasteiger partial charge in [0.15, 0.2) is 0 Å². The third kappa shape index (κ3) is 12.0. The molecule has 0 bridgehead atoms. The van der Waals surface area contributed by atoms with Crippen molar-refractivity contribution >= 4 is 52.5 Å². The molecule has 0 saturated carbocycles. The van der Waals surface area contributed by atoms with Gasteiger partial charge in [-0.05, 0) is 93.7 Å². The van der Waals surface area contributed by atoms with E-state index in [1.54, 1.807) is 0 Å². The van der Waals surface area contributed by atoms with Crippen molar-refractivity contribution in [3.63, 3.8) is 0 Å². The molecule has 0 heterocycles. The molecule has 0 spiro atoms. The number of hydrogen-bond donors (Lipinski definition) is 0.